The van der Waals surface area contributed by atoms with E-state index in [9.17, 15) is 4.79 Å². The molecule has 0 aliphatic rings. The Morgan fingerprint density at radius 2 is 1.92 bits per heavy atom. The molecule has 0 saturated carbocycles. The molecular weight excluding hydrogens is 496 g/mol. The maximum atomic E-state index is 12.8. The number of hydrogen-bond acceptors (Lipinski definition) is 6. The molecular formula is C27H29ClN4O3S. The molecule has 9 heteroatoms. The van der Waals surface area contributed by atoms with E-state index in [1.807, 2.05) is 23.6 Å². The van der Waals surface area contributed by atoms with Gasteiger partial charge >= 0.3 is 0 Å². The molecule has 2 aromatic carbocycles. The van der Waals surface area contributed by atoms with E-state index >= 15 is 0 Å². The SMILES string of the molecule is COc1cc(Cl)c(C)cc1NC(=O)CSc1nnc(-c2ccc(C(C)(C)C)cc2)n1Cc1ccco1. The van der Waals surface area contributed by atoms with Crippen LogP contribution in [0.15, 0.2) is 64.4 Å². The Kier molecular flexibility index (Phi) is 7.76. The number of carbonyl (C=O) groups excluding carboxylic acids is 1. The molecule has 1 amide bonds. The molecule has 0 radical (unpaired) electrons. The van der Waals surface area contributed by atoms with Crippen LogP contribution in [0.3, 0.4) is 0 Å². The summed E-state index contributed by atoms with van der Waals surface area (Å²) < 4.78 is 12.9. The molecule has 0 atom stereocenters. The molecule has 4 rings (SSSR count). The number of hydrogen-bond donors (Lipinski definition) is 1. The molecule has 0 aliphatic carbocycles. The molecule has 0 bridgehead atoms. The van der Waals surface area contributed by atoms with Crippen molar-refractivity contribution in [3.8, 4) is 17.1 Å². The van der Waals surface area contributed by atoms with Crippen LogP contribution < -0.4 is 10.1 Å². The number of aromatic nitrogens is 3. The standard InChI is InChI=1S/C27H29ClN4O3S/c1-17-13-22(23(34-5)14-21(17)28)29-24(33)16-36-26-31-30-25(32(26)15-20-7-6-12-35-20)18-8-10-19(11-9-18)27(2,3)4/h6-14H,15-16H2,1-5H3,(H,29,33). The highest BCUT2D eigenvalue weighted by Gasteiger charge is 2.19. The van der Waals surface area contributed by atoms with Crippen molar-refractivity contribution in [3.05, 3.63) is 76.7 Å². The summed E-state index contributed by atoms with van der Waals surface area (Å²) in [5.74, 6) is 1.94. The molecule has 2 heterocycles. The molecule has 36 heavy (non-hydrogen) atoms. The molecule has 2 aromatic heterocycles. The number of anilines is 1. The molecule has 4 aromatic rings. The van der Waals surface area contributed by atoms with E-state index in [1.54, 1.807) is 18.4 Å². The lowest BCUT2D eigenvalue weighted by Crippen LogP contribution is -2.15. The van der Waals surface area contributed by atoms with Crippen LogP contribution in [-0.4, -0.2) is 33.5 Å². The van der Waals surface area contributed by atoms with Gasteiger partial charge in [0.1, 0.15) is 11.5 Å². The smallest absolute Gasteiger partial charge is 0.234 e. The maximum Gasteiger partial charge on any atom is 0.234 e. The summed E-state index contributed by atoms with van der Waals surface area (Å²) in [5, 5.41) is 13.0. The second-order valence-electron chi connectivity index (χ2n) is 9.44. The molecule has 0 spiro atoms. The van der Waals surface area contributed by atoms with E-state index in [1.165, 1.54) is 24.4 Å². The van der Waals surface area contributed by atoms with Gasteiger partial charge in [0.15, 0.2) is 11.0 Å². The number of amides is 1. The third-order valence-electron chi connectivity index (χ3n) is 5.71. The van der Waals surface area contributed by atoms with Gasteiger partial charge in [-0.1, -0.05) is 68.4 Å². The first-order valence-electron chi connectivity index (χ1n) is 11.5. The topological polar surface area (TPSA) is 82.2 Å². The highest BCUT2D eigenvalue weighted by molar-refractivity contribution is 7.99. The average Bonchev–Trinajstić information content (AvgIpc) is 3.50. The minimum atomic E-state index is -0.191. The molecule has 188 valence electrons. The van der Waals surface area contributed by atoms with E-state index < -0.39 is 0 Å². The van der Waals surface area contributed by atoms with Crippen LogP contribution in [0.1, 0.15) is 37.7 Å². The van der Waals surface area contributed by atoms with Crippen molar-refractivity contribution < 1.29 is 13.9 Å². The summed E-state index contributed by atoms with van der Waals surface area (Å²) in [6.07, 6.45) is 1.64. The Hall–Kier alpha value is -3.23. The largest absolute Gasteiger partial charge is 0.495 e. The molecule has 0 saturated heterocycles. The summed E-state index contributed by atoms with van der Waals surface area (Å²) in [7, 11) is 1.54. The van der Waals surface area contributed by atoms with Crippen LogP contribution in [0.25, 0.3) is 11.4 Å². The summed E-state index contributed by atoms with van der Waals surface area (Å²) in [6.45, 7) is 8.87. The number of carbonyl (C=O) groups is 1. The van der Waals surface area contributed by atoms with Gasteiger partial charge in [-0.2, -0.15) is 0 Å². The van der Waals surface area contributed by atoms with Crippen molar-refractivity contribution in [2.45, 2.75) is 44.8 Å². The van der Waals surface area contributed by atoms with Crippen LogP contribution in [-0.2, 0) is 16.8 Å². The summed E-state index contributed by atoms with van der Waals surface area (Å²) in [5.41, 5.74) is 3.66. The zero-order chi connectivity index (χ0) is 25.9. The number of ether oxygens (including phenoxy) is 1. The second kappa shape index (κ2) is 10.8. The number of nitrogens with zero attached hydrogens (tertiary/aromatic N) is 3. The Morgan fingerprint density at radius 3 is 2.56 bits per heavy atom. The monoisotopic (exact) mass is 524 g/mol. The van der Waals surface area contributed by atoms with Crippen molar-refractivity contribution >= 4 is 35.0 Å². The Labute approximate surface area is 220 Å². The van der Waals surface area contributed by atoms with Crippen molar-refractivity contribution in [1.29, 1.82) is 0 Å². The Balaban J connectivity index is 1.55. The number of methoxy groups -OCH3 is 1. The lowest BCUT2D eigenvalue weighted by Gasteiger charge is -2.19. The van der Waals surface area contributed by atoms with Gasteiger partial charge in [-0.05, 0) is 41.7 Å². The van der Waals surface area contributed by atoms with Crippen LogP contribution in [0.2, 0.25) is 5.02 Å². The quantitative estimate of drug-likeness (QED) is 0.262. The summed E-state index contributed by atoms with van der Waals surface area (Å²) in [6, 6.07) is 15.6. The highest BCUT2D eigenvalue weighted by Crippen LogP contribution is 2.32. The van der Waals surface area contributed by atoms with Gasteiger partial charge in [-0.15, -0.1) is 10.2 Å². The van der Waals surface area contributed by atoms with Gasteiger partial charge in [0, 0.05) is 16.7 Å². The third-order valence-corrected chi connectivity index (χ3v) is 7.08. The lowest BCUT2D eigenvalue weighted by molar-refractivity contribution is -0.113. The number of rotatable bonds is 8. The minimum absolute atomic E-state index is 0.0556. The molecule has 0 fully saturated rings. The number of halogens is 1. The predicted molar refractivity (Wildman–Crippen MR) is 144 cm³/mol. The fraction of sp³-hybridized carbons (Fsp3) is 0.296. The van der Waals surface area contributed by atoms with E-state index in [-0.39, 0.29) is 17.1 Å². The van der Waals surface area contributed by atoms with Crippen LogP contribution in [0.5, 0.6) is 5.75 Å². The van der Waals surface area contributed by atoms with Gasteiger partial charge in [0.05, 0.1) is 31.4 Å². The summed E-state index contributed by atoms with van der Waals surface area (Å²) in [4.78, 5) is 12.8. The number of aryl methyl sites for hydroxylation is 1. The molecule has 0 aliphatic heterocycles. The third kappa shape index (κ3) is 5.94. The van der Waals surface area contributed by atoms with Crippen LogP contribution in [0.4, 0.5) is 5.69 Å². The average molecular weight is 525 g/mol. The van der Waals surface area contributed by atoms with Crippen molar-refractivity contribution in [1.82, 2.24) is 14.8 Å². The van der Waals surface area contributed by atoms with E-state index in [2.05, 4.69) is 60.6 Å². The molecule has 0 unspecified atom stereocenters. The number of benzene rings is 2. The van der Waals surface area contributed by atoms with Crippen LogP contribution in [0, 0.1) is 6.92 Å². The van der Waals surface area contributed by atoms with Gasteiger partial charge in [0.25, 0.3) is 0 Å². The summed E-state index contributed by atoms with van der Waals surface area (Å²) >= 11 is 7.49. The van der Waals surface area contributed by atoms with Crippen molar-refractivity contribution in [2.75, 3.05) is 18.2 Å². The first kappa shape index (κ1) is 25.9. The van der Waals surface area contributed by atoms with Gasteiger partial charge in [0.2, 0.25) is 5.91 Å². The fourth-order valence-corrected chi connectivity index (χ4v) is 4.57. The van der Waals surface area contributed by atoms with Gasteiger partial charge in [-0.25, -0.2) is 0 Å². The van der Waals surface area contributed by atoms with E-state index in [0.717, 1.165) is 16.9 Å². The normalized spacial score (nSPS) is 11.5. The highest BCUT2D eigenvalue weighted by atomic mass is 35.5. The van der Waals surface area contributed by atoms with Gasteiger partial charge < -0.3 is 14.5 Å². The Morgan fingerprint density at radius 1 is 1.17 bits per heavy atom. The van der Waals surface area contributed by atoms with E-state index in [4.69, 9.17) is 20.8 Å². The van der Waals surface area contributed by atoms with Crippen LogP contribution >= 0.6 is 23.4 Å². The zero-order valence-corrected chi connectivity index (χ0v) is 22.5. The maximum absolute atomic E-state index is 12.8. The number of thioether (sulfide) groups is 1. The minimum Gasteiger partial charge on any atom is -0.495 e. The predicted octanol–water partition coefficient (Wildman–Crippen LogP) is 6.59. The Bertz CT molecular complexity index is 1340. The number of nitrogens with one attached hydrogen (secondary N) is 1. The van der Waals surface area contributed by atoms with Gasteiger partial charge in [-0.3, -0.25) is 9.36 Å². The van der Waals surface area contributed by atoms with Crippen molar-refractivity contribution in [3.63, 3.8) is 0 Å². The van der Waals surface area contributed by atoms with Crippen molar-refractivity contribution in [2.24, 2.45) is 0 Å². The second-order valence-corrected chi connectivity index (χ2v) is 10.8. The fourth-order valence-electron chi connectivity index (χ4n) is 3.68. The van der Waals surface area contributed by atoms with E-state index in [0.29, 0.717) is 34.0 Å². The first-order valence-corrected chi connectivity index (χ1v) is 12.9. The zero-order valence-electron chi connectivity index (χ0n) is 21.0. The molecule has 1 N–H and O–H groups in total. The number of furan rings is 1. The lowest BCUT2D eigenvalue weighted by atomic mass is 9.87. The first-order chi connectivity index (χ1) is 17.2. The molecule has 7 nitrogen and oxygen atoms in total.